The summed E-state index contributed by atoms with van der Waals surface area (Å²) in [6, 6.07) is 7.01. The first-order valence-corrected chi connectivity index (χ1v) is 11.9. The predicted molar refractivity (Wildman–Crippen MR) is 110 cm³/mol. The average molecular weight is 429 g/mol. The molecule has 1 heterocycles. The molecule has 7 nitrogen and oxygen atoms in total. The van der Waals surface area contributed by atoms with Crippen molar-refractivity contribution in [1.82, 2.24) is 9.21 Å². The van der Waals surface area contributed by atoms with Crippen LogP contribution in [0.3, 0.4) is 0 Å². The minimum atomic E-state index is -3.55. The molecule has 1 aromatic rings. The van der Waals surface area contributed by atoms with Gasteiger partial charge >= 0.3 is 5.97 Å². The molecule has 1 aromatic carbocycles. The summed E-state index contributed by atoms with van der Waals surface area (Å²) in [5.41, 5.74) is 1.10. The van der Waals surface area contributed by atoms with Crippen LogP contribution in [0.1, 0.15) is 31.7 Å². The van der Waals surface area contributed by atoms with Crippen molar-refractivity contribution in [3.05, 3.63) is 29.8 Å². The Morgan fingerprint density at radius 3 is 2.25 bits per heavy atom. The molecule has 0 aliphatic carbocycles. The third kappa shape index (κ3) is 5.96. The number of carbonyl (C=O) groups excluding carboxylic acids is 2. The Morgan fingerprint density at radius 2 is 1.71 bits per heavy atom. The number of hydrogen-bond acceptors (Lipinski definition) is 6. The molecule has 1 amide bonds. The van der Waals surface area contributed by atoms with Crippen LogP contribution in [0.4, 0.5) is 0 Å². The molecule has 0 radical (unpaired) electrons. The monoisotopic (exact) mass is 428 g/mol. The van der Waals surface area contributed by atoms with Crippen molar-refractivity contribution in [3.63, 3.8) is 0 Å². The first kappa shape index (κ1) is 22.7. The number of esters is 1. The van der Waals surface area contributed by atoms with Crippen LogP contribution in [0.2, 0.25) is 0 Å². The second-order valence-electron chi connectivity index (χ2n) is 6.89. The standard InChI is InChI=1S/C19H28N2O5S2/c1-15(2)16-4-6-17(7-5-16)28(24,25)21-11-9-20(10-12-21)18(22)8-13-27-14-19(23)26-3/h4-7,15H,8-14H2,1-3H3. The van der Waals surface area contributed by atoms with E-state index in [1.807, 2.05) is 12.1 Å². The van der Waals surface area contributed by atoms with Crippen LogP contribution >= 0.6 is 11.8 Å². The number of sulfonamides is 1. The summed E-state index contributed by atoms with van der Waals surface area (Å²) in [5, 5.41) is 0. The number of carbonyl (C=O) groups is 2. The molecule has 28 heavy (non-hydrogen) atoms. The summed E-state index contributed by atoms with van der Waals surface area (Å²) >= 11 is 1.36. The lowest BCUT2D eigenvalue weighted by molar-refractivity contribution is -0.137. The molecular formula is C19H28N2O5S2. The average Bonchev–Trinajstić information content (AvgIpc) is 2.70. The van der Waals surface area contributed by atoms with Crippen LogP contribution in [0.25, 0.3) is 0 Å². The van der Waals surface area contributed by atoms with Gasteiger partial charge in [-0.1, -0.05) is 26.0 Å². The van der Waals surface area contributed by atoms with Crippen LogP contribution in [0, 0.1) is 0 Å². The molecule has 1 aliphatic heterocycles. The Morgan fingerprint density at radius 1 is 1.11 bits per heavy atom. The maximum atomic E-state index is 12.8. The smallest absolute Gasteiger partial charge is 0.315 e. The summed E-state index contributed by atoms with van der Waals surface area (Å²) in [7, 11) is -2.21. The fraction of sp³-hybridized carbons (Fsp3) is 0.579. The first-order valence-electron chi connectivity index (χ1n) is 9.28. The van der Waals surface area contributed by atoms with Gasteiger partial charge in [0.25, 0.3) is 0 Å². The summed E-state index contributed by atoms with van der Waals surface area (Å²) in [6.45, 7) is 5.46. The number of benzene rings is 1. The highest BCUT2D eigenvalue weighted by atomic mass is 32.2. The van der Waals surface area contributed by atoms with Gasteiger partial charge in [0.05, 0.1) is 17.8 Å². The number of amides is 1. The van der Waals surface area contributed by atoms with Gasteiger partial charge in [-0.05, 0) is 23.6 Å². The van der Waals surface area contributed by atoms with E-state index in [1.165, 1.54) is 23.2 Å². The maximum absolute atomic E-state index is 12.8. The Balaban J connectivity index is 1.85. The van der Waals surface area contributed by atoms with Gasteiger partial charge in [-0.15, -0.1) is 11.8 Å². The Bertz CT molecular complexity index is 770. The van der Waals surface area contributed by atoms with E-state index in [9.17, 15) is 18.0 Å². The number of nitrogens with zero attached hydrogens (tertiary/aromatic N) is 2. The molecule has 2 rings (SSSR count). The van der Waals surface area contributed by atoms with Crippen LogP contribution in [0.15, 0.2) is 29.2 Å². The van der Waals surface area contributed by atoms with Gasteiger partial charge in [0.1, 0.15) is 0 Å². The molecule has 1 fully saturated rings. The third-order valence-electron chi connectivity index (χ3n) is 4.68. The molecule has 0 spiro atoms. The highest BCUT2D eigenvalue weighted by molar-refractivity contribution is 7.99. The Hall–Kier alpha value is -1.58. The minimum Gasteiger partial charge on any atom is -0.468 e. The van der Waals surface area contributed by atoms with E-state index in [4.69, 9.17) is 0 Å². The van der Waals surface area contributed by atoms with Gasteiger partial charge in [0.15, 0.2) is 0 Å². The zero-order chi connectivity index (χ0) is 20.7. The topological polar surface area (TPSA) is 84.0 Å². The van der Waals surface area contributed by atoms with Gasteiger partial charge in [0.2, 0.25) is 15.9 Å². The number of methoxy groups -OCH3 is 1. The second kappa shape index (κ2) is 10.3. The lowest BCUT2D eigenvalue weighted by Crippen LogP contribution is -2.50. The summed E-state index contributed by atoms with van der Waals surface area (Å²) in [5.74, 6) is 0.783. The van der Waals surface area contributed by atoms with Crippen LogP contribution in [0.5, 0.6) is 0 Å². The Labute approximate surface area is 171 Å². The number of ether oxygens (including phenoxy) is 1. The van der Waals surface area contributed by atoms with Gasteiger partial charge in [-0.25, -0.2) is 8.42 Å². The van der Waals surface area contributed by atoms with Crippen LogP contribution in [-0.4, -0.2) is 74.3 Å². The molecule has 0 aromatic heterocycles. The van der Waals surface area contributed by atoms with Crippen LogP contribution in [-0.2, 0) is 24.3 Å². The van der Waals surface area contributed by atoms with Crippen LogP contribution < -0.4 is 0 Å². The summed E-state index contributed by atoms with van der Waals surface area (Å²) in [6.07, 6.45) is 0.324. The van der Waals surface area contributed by atoms with Crippen molar-refractivity contribution in [2.45, 2.75) is 31.1 Å². The lowest BCUT2D eigenvalue weighted by atomic mass is 10.0. The molecule has 0 unspecified atom stereocenters. The van der Waals surface area contributed by atoms with E-state index in [0.29, 0.717) is 31.2 Å². The van der Waals surface area contributed by atoms with E-state index < -0.39 is 10.0 Å². The fourth-order valence-corrected chi connectivity index (χ4v) is 5.05. The molecule has 1 aliphatic rings. The highest BCUT2D eigenvalue weighted by Gasteiger charge is 2.30. The van der Waals surface area contributed by atoms with Crippen molar-refractivity contribution in [1.29, 1.82) is 0 Å². The molecule has 0 bridgehead atoms. The van der Waals surface area contributed by atoms with E-state index in [0.717, 1.165) is 5.56 Å². The van der Waals surface area contributed by atoms with Gasteiger partial charge in [-0.2, -0.15) is 4.31 Å². The van der Waals surface area contributed by atoms with Crippen molar-refractivity contribution < 1.29 is 22.7 Å². The lowest BCUT2D eigenvalue weighted by Gasteiger charge is -2.34. The Kier molecular flexibility index (Phi) is 8.33. The van der Waals surface area contributed by atoms with E-state index in [2.05, 4.69) is 18.6 Å². The fourth-order valence-electron chi connectivity index (χ4n) is 2.88. The second-order valence-corrected chi connectivity index (χ2v) is 9.93. The quantitative estimate of drug-likeness (QED) is 0.465. The number of piperazine rings is 1. The third-order valence-corrected chi connectivity index (χ3v) is 7.53. The van der Waals surface area contributed by atoms with Gasteiger partial charge in [-0.3, -0.25) is 9.59 Å². The normalized spacial score (nSPS) is 15.6. The molecule has 0 saturated carbocycles. The molecule has 1 saturated heterocycles. The first-order chi connectivity index (χ1) is 13.3. The maximum Gasteiger partial charge on any atom is 0.315 e. The largest absolute Gasteiger partial charge is 0.468 e. The molecular weight excluding hydrogens is 400 g/mol. The van der Waals surface area contributed by atoms with E-state index in [1.54, 1.807) is 17.0 Å². The van der Waals surface area contributed by atoms with Crippen molar-refractivity contribution in [3.8, 4) is 0 Å². The zero-order valence-electron chi connectivity index (χ0n) is 16.6. The molecule has 9 heteroatoms. The molecule has 156 valence electrons. The number of hydrogen-bond donors (Lipinski definition) is 0. The van der Waals surface area contributed by atoms with E-state index >= 15 is 0 Å². The summed E-state index contributed by atoms with van der Waals surface area (Å²) in [4.78, 5) is 25.3. The molecule has 0 atom stereocenters. The zero-order valence-corrected chi connectivity index (χ0v) is 18.2. The predicted octanol–water partition coefficient (Wildman–Crippen LogP) is 1.94. The van der Waals surface area contributed by atoms with Crippen molar-refractivity contribution >= 4 is 33.7 Å². The number of rotatable bonds is 8. The summed E-state index contributed by atoms with van der Waals surface area (Å²) < 4.78 is 31.6. The number of thioether (sulfide) groups is 1. The minimum absolute atomic E-state index is 0.0179. The van der Waals surface area contributed by atoms with Gasteiger partial charge < -0.3 is 9.64 Å². The highest BCUT2D eigenvalue weighted by Crippen LogP contribution is 2.21. The van der Waals surface area contributed by atoms with Crippen molar-refractivity contribution in [2.24, 2.45) is 0 Å². The van der Waals surface area contributed by atoms with Crippen molar-refractivity contribution in [2.75, 3.05) is 44.8 Å². The van der Waals surface area contributed by atoms with E-state index in [-0.39, 0.29) is 35.6 Å². The van der Waals surface area contributed by atoms with Gasteiger partial charge in [0, 0.05) is 38.4 Å². The molecule has 0 N–H and O–H groups in total. The SMILES string of the molecule is COC(=O)CSCCC(=O)N1CCN(S(=O)(=O)c2ccc(C(C)C)cc2)CC1.